The molecule has 0 saturated carbocycles. The molecule has 114 valence electrons. The summed E-state index contributed by atoms with van der Waals surface area (Å²) in [6.07, 6.45) is 0.664. The van der Waals surface area contributed by atoms with Gasteiger partial charge in [0.05, 0.1) is 12.6 Å². The van der Waals surface area contributed by atoms with E-state index in [9.17, 15) is 9.18 Å². The molecule has 2 aliphatic rings. The number of hydrogen-bond acceptors (Lipinski definition) is 5. The Kier molecular flexibility index (Phi) is 5.26. The third-order valence-electron chi connectivity index (χ3n) is 3.62. The average molecular weight is 304 g/mol. The first kappa shape index (κ1) is 15.6. The van der Waals surface area contributed by atoms with Crippen LogP contribution in [0.2, 0.25) is 0 Å². The van der Waals surface area contributed by atoms with Crippen molar-refractivity contribution in [3.05, 3.63) is 0 Å². The van der Waals surface area contributed by atoms with E-state index in [1.54, 1.807) is 0 Å². The Morgan fingerprint density at radius 3 is 2.95 bits per heavy atom. The maximum atomic E-state index is 12.2. The third kappa shape index (κ3) is 3.25. The number of alkyl halides is 1. The summed E-state index contributed by atoms with van der Waals surface area (Å²) in [6.45, 7) is 5.15. The molecule has 1 N–H and O–H groups in total. The van der Waals surface area contributed by atoms with E-state index in [1.807, 2.05) is 6.92 Å². The van der Waals surface area contributed by atoms with Crippen LogP contribution in [0.4, 0.5) is 4.39 Å². The van der Waals surface area contributed by atoms with E-state index in [0.717, 1.165) is 6.42 Å². The van der Waals surface area contributed by atoms with Crippen molar-refractivity contribution < 1.29 is 18.7 Å². The predicted molar refractivity (Wildman–Crippen MR) is 76.5 cm³/mol. The molecule has 20 heavy (non-hydrogen) atoms. The number of halogens is 1. The van der Waals surface area contributed by atoms with Gasteiger partial charge < -0.3 is 14.8 Å². The normalized spacial score (nSPS) is 38.4. The molecule has 0 amide bonds. The second-order valence-electron chi connectivity index (χ2n) is 5.05. The monoisotopic (exact) mass is 304 g/mol. The Balaban J connectivity index is 2.14. The second kappa shape index (κ2) is 6.76. The number of amidine groups is 1. The number of fused-ring (bicyclic) bond motifs is 1. The Morgan fingerprint density at radius 2 is 2.35 bits per heavy atom. The van der Waals surface area contributed by atoms with E-state index in [2.05, 4.69) is 17.2 Å². The molecule has 0 bridgehead atoms. The maximum Gasteiger partial charge on any atom is 0.302 e. The van der Waals surface area contributed by atoms with Crippen molar-refractivity contribution >= 4 is 22.9 Å². The van der Waals surface area contributed by atoms with E-state index in [4.69, 9.17) is 9.47 Å². The first-order valence-electron chi connectivity index (χ1n) is 6.93. The number of ether oxygens (including phenoxy) is 2. The van der Waals surface area contributed by atoms with Crippen LogP contribution in [-0.4, -0.2) is 48.0 Å². The minimum Gasteiger partial charge on any atom is -0.460 e. The average Bonchev–Trinajstić information content (AvgIpc) is 2.81. The molecule has 2 heterocycles. The molecule has 5 atom stereocenters. The zero-order chi connectivity index (χ0) is 14.7. The number of nitrogens with one attached hydrogen (secondary N) is 1. The van der Waals surface area contributed by atoms with Gasteiger partial charge >= 0.3 is 5.97 Å². The van der Waals surface area contributed by atoms with Crippen molar-refractivity contribution in [2.24, 2.45) is 10.9 Å². The lowest BCUT2D eigenvalue weighted by Crippen LogP contribution is -2.56. The summed E-state index contributed by atoms with van der Waals surface area (Å²) >= 11 is 1.45. The van der Waals surface area contributed by atoms with Gasteiger partial charge in [-0.1, -0.05) is 25.6 Å². The van der Waals surface area contributed by atoms with E-state index < -0.39 is 6.67 Å². The molecular weight excluding hydrogens is 283 g/mol. The van der Waals surface area contributed by atoms with Gasteiger partial charge in [0.2, 0.25) is 0 Å². The van der Waals surface area contributed by atoms with Crippen molar-refractivity contribution in [2.75, 3.05) is 13.2 Å². The molecule has 0 aromatic rings. The van der Waals surface area contributed by atoms with Crippen LogP contribution < -0.4 is 5.32 Å². The van der Waals surface area contributed by atoms with Crippen molar-refractivity contribution in [1.82, 2.24) is 5.32 Å². The number of esters is 1. The van der Waals surface area contributed by atoms with Gasteiger partial charge in [0.15, 0.2) is 5.17 Å². The summed E-state index contributed by atoms with van der Waals surface area (Å²) in [6, 6.07) is -0.125. The van der Waals surface area contributed by atoms with E-state index >= 15 is 0 Å². The summed E-state index contributed by atoms with van der Waals surface area (Å²) in [5.41, 5.74) is -0.140. The largest absolute Gasteiger partial charge is 0.460 e. The smallest absolute Gasteiger partial charge is 0.302 e. The number of carbonyl (C=O) groups excluding carboxylic acids is 1. The number of aliphatic imine (C=N–C) groups is 1. The number of hydrogen-bond donors (Lipinski definition) is 1. The molecule has 0 unspecified atom stereocenters. The summed E-state index contributed by atoms with van der Waals surface area (Å²) < 4.78 is 23.7. The quantitative estimate of drug-likeness (QED) is 0.801. The first-order valence-corrected chi connectivity index (χ1v) is 7.81. The van der Waals surface area contributed by atoms with Crippen molar-refractivity contribution in [1.29, 1.82) is 0 Å². The number of thioether (sulfide) groups is 1. The molecule has 2 rings (SSSR count). The topological polar surface area (TPSA) is 59.9 Å². The summed E-state index contributed by atoms with van der Waals surface area (Å²) in [5, 5.41) is 3.87. The third-order valence-corrected chi connectivity index (χ3v) is 4.73. The van der Waals surface area contributed by atoms with E-state index in [-0.39, 0.29) is 42.1 Å². The Hall–Kier alpha value is -0.820. The molecule has 0 spiro atoms. The van der Waals surface area contributed by atoms with Crippen LogP contribution >= 0.6 is 11.8 Å². The van der Waals surface area contributed by atoms with Gasteiger partial charge in [0.1, 0.15) is 24.3 Å². The second-order valence-corrected chi connectivity index (χ2v) is 6.14. The minimum absolute atomic E-state index is 0.0513. The predicted octanol–water partition coefficient (Wildman–Crippen LogP) is 1.72. The Morgan fingerprint density at radius 1 is 1.60 bits per heavy atom. The number of nitrogens with zero attached hydrogens (tertiary/aromatic N) is 1. The van der Waals surface area contributed by atoms with Crippen LogP contribution in [0.1, 0.15) is 27.2 Å². The standard InChI is InChI=1S/C13H21FN2O3S/c1-4-9-7(2)11(18-8(3)17)10-12(19-9)20-13(16-10)15-6-5-14/h7,9-12H,4-6H2,1-3H3,(H,15,16)/t7-,9-,10-,11+,12-/m1/s1. The van der Waals surface area contributed by atoms with Crippen LogP contribution in [0.15, 0.2) is 4.99 Å². The lowest BCUT2D eigenvalue weighted by Gasteiger charge is -2.41. The molecule has 0 aromatic carbocycles. The van der Waals surface area contributed by atoms with Crippen molar-refractivity contribution in [3.8, 4) is 0 Å². The lowest BCUT2D eigenvalue weighted by molar-refractivity contribution is -0.168. The lowest BCUT2D eigenvalue weighted by atomic mass is 9.88. The molecule has 0 aliphatic carbocycles. The highest BCUT2D eigenvalue weighted by molar-refractivity contribution is 8.14. The van der Waals surface area contributed by atoms with Crippen molar-refractivity contribution in [3.63, 3.8) is 0 Å². The summed E-state index contributed by atoms with van der Waals surface area (Å²) in [5.74, 6) is -0.183. The highest BCUT2D eigenvalue weighted by Crippen LogP contribution is 2.38. The maximum absolute atomic E-state index is 12.2. The first-order chi connectivity index (χ1) is 9.56. The minimum atomic E-state index is -0.483. The molecular formula is C13H21FN2O3S. The van der Waals surface area contributed by atoms with Gasteiger partial charge in [-0.3, -0.25) is 9.79 Å². The van der Waals surface area contributed by atoms with Crippen LogP contribution in [0.3, 0.4) is 0 Å². The van der Waals surface area contributed by atoms with Crippen LogP contribution in [-0.2, 0) is 14.3 Å². The molecule has 0 aromatic heterocycles. The van der Waals surface area contributed by atoms with Crippen LogP contribution in [0.5, 0.6) is 0 Å². The Labute approximate surface area is 122 Å². The molecule has 2 fully saturated rings. The van der Waals surface area contributed by atoms with E-state index in [1.165, 1.54) is 18.7 Å². The van der Waals surface area contributed by atoms with Gasteiger partial charge in [-0.15, -0.1) is 0 Å². The van der Waals surface area contributed by atoms with Crippen molar-refractivity contribution in [2.45, 2.75) is 50.9 Å². The molecule has 2 saturated heterocycles. The number of rotatable bonds is 4. The van der Waals surface area contributed by atoms with Crippen LogP contribution in [0, 0.1) is 5.92 Å². The molecule has 5 nitrogen and oxygen atoms in total. The molecule has 2 aliphatic heterocycles. The fourth-order valence-electron chi connectivity index (χ4n) is 2.68. The van der Waals surface area contributed by atoms with Crippen LogP contribution in [0.25, 0.3) is 0 Å². The zero-order valence-corrected chi connectivity index (χ0v) is 12.8. The van der Waals surface area contributed by atoms with E-state index in [0.29, 0.717) is 5.17 Å². The molecule has 7 heteroatoms. The van der Waals surface area contributed by atoms with Gasteiger partial charge in [-0.05, 0) is 6.42 Å². The summed E-state index contributed by atoms with van der Waals surface area (Å²) in [7, 11) is 0. The highest BCUT2D eigenvalue weighted by Gasteiger charge is 2.49. The van der Waals surface area contributed by atoms with Gasteiger partial charge in [-0.25, -0.2) is 4.39 Å². The zero-order valence-electron chi connectivity index (χ0n) is 12.0. The van der Waals surface area contributed by atoms with Gasteiger partial charge in [0.25, 0.3) is 0 Å². The van der Waals surface area contributed by atoms with Gasteiger partial charge in [-0.2, -0.15) is 0 Å². The SMILES string of the molecule is CC[C@H]1O[C@@H]2SC(=NCCF)N[C@@H]2[C@@H](OC(C)=O)[C@@H]1C. The van der Waals surface area contributed by atoms with Gasteiger partial charge in [0, 0.05) is 12.8 Å². The fraction of sp³-hybridized carbons (Fsp3) is 0.846. The number of carbonyl (C=O) groups is 1. The highest BCUT2D eigenvalue weighted by atomic mass is 32.2. The summed E-state index contributed by atoms with van der Waals surface area (Å²) in [4.78, 5) is 15.4. The molecule has 0 radical (unpaired) electrons. The fourth-order valence-corrected chi connectivity index (χ4v) is 3.84. The Bertz CT molecular complexity index is 394.